The van der Waals surface area contributed by atoms with E-state index >= 15 is 0 Å². The maximum absolute atomic E-state index is 13.3. The number of hydrogen-bond donors (Lipinski definition) is 1. The SMILES string of the molecule is Nc1cc(F)cc(S(=O)(=O)N2CC3CCC2C3)c1. The molecule has 1 aromatic rings. The van der Waals surface area contributed by atoms with Gasteiger partial charge in [-0.05, 0) is 43.4 Å². The number of rotatable bonds is 2. The largest absolute Gasteiger partial charge is 0.399 e. The fourth-order valence-electron chi connectivity index (χ4n) is 3.04. The van der Waals surface area contributed by atoms with Crippen LogP contribution >= 0.6 is 0 Å². The number of nitrogens with zero attached hydrogens (tertiary/aromatic N) is 1. The fraction of sp³-hybridized carbons (Fsp3) is 0.500. The second-order valence-corrected chi connectivity index (χ2v) is 7.02. The van der Waals surface area contributed by atoms with E-state index < -0.39 is 15.8 Å². The van der Waals surface area contributed by atoms with Gasteiger partial charge in [0.05, 0.1) is 4.90 Å². The summed E-state index contributed by atoms with van der Waals surface area (Å²) < 4.78 is 39.6. The minimum atomic E-state index is -3.60. The van der Waals surface area contributed by atoms with Crippen molar-refractivity contribution in [3.63, 3.8) is 0 Å². The molecule has 0 spiro atoms. The van der Waals surface area contributed by atoms with E-state index in [2.05, 4.69) is 0 Å². The zero-order valence-corrected chi connectivity index (χ0v) is 10.7. The van der Waals surface area contributed by atoms with Crippen LogP contribution in [0.25, 0.3) is 0 Å². The summed E-state index contributed by atoms with van der Waals surface area (Å²) in [6, 6.07) is 3.57. The molecule has 18 heavy (non-hydrogen) atoms. The number of halogens is 1. The number of hydrogen-bond acceptors (Lipinski definition) is 3. The highest BCUT2D eigenvalue weighted by Gasteiger charge is 2.44. The first kappa shape index (κ1) is 11.9. The van der Waals surface area contributed by atoms with Crippen molar-refractivity contribution < 1.29 is 12.8 Å². The Labute approximate surface area is 106 Å². The van der Waals surface area contributed by atoms with E-state index in [4.69, 9.17) is 5.73 Å². The normalized spacial score (nSPS) is 27.8. The second kappa shape index (κ2) is 3.93. The van der Waals surface area contributed by atoms with E-state index in [0.717, 1.165) is 31.4 Å². The summed E-state index contributed by atoms with van der Waals surface area (Å²) in [5, 5.41) is 0. The van der Waals surface area contributed by atoms with Crippen LogP contribution in [0, 0.1) is 11.7 Å². The first-order valence-corrected chi connectivity index (χ1v) is 7.49. The number of piperidine rings is 1. The Bertz CT molecular complexity index is 567. The van der Waals surface area contributed by atoms with Gasteiger partial charge in [-0.1, -0.05) is 0 Å². The van der Waals surface area contributed by atoms with Crippen molar-refractivity contribution in [2.75, 3.05) is 12.3 Å². The molecule has 2 aliphatic rings. The third kappa shape index (κ3) is 1.80. The van der Waals surface area contributed by atoms with Crippen molar-refractivity contribution in [2.45, 2.75) is 30.2 Å². The van der Waals surface area contributed by atoms with E-state index in [0.29, 0.717) is 12.5 Å². The van der Waals surface area contributed by atoms with Crippen molar-refractivity contribution in [1.29, 1.82) is 0 Å². The van der Waals surface area contributed by atoms with Gasteiger partial charge in [0.2, 0.25) is 10.0 Å². The molecule has 2 unspecified atom stereocenters. The molecule has 1 aliphatic carbocycles. The lowest BCUT2D eigenvalue weighted by Gasteiger charge is -2.26. The summed E-state index contributed by atoms with van der Waals surface area (Å²) in [7, 11) is -3.60. The Morgan fingerprint density at radius 3 is 2.61 bits per heavy atom. The molecule has 1 saturated heterocycles. The number of nitrogen functional groups attached to an aromatic ring is 1. The number of nitrogens with two attached hydrogens (primary N) is 1. The lowest BCUT2D eigenvalue weighted by molar-refractivity contribution is 0.333. The van der Waals surface area contributed by atoms with Gasteiger partial charge in [-0.3, -0.25) is 0 Å². The lowest BCUT2D eigenvalue weighted by Crippen LogP contribution is -2.37. The minimum absolute atomic E-state index is 0.0347. The van der Waals surface area contributed by atoms with Crippen LogP contribution in [0.4, 0.5) is 10.1 Å². The molecule has 1 heterocycles. The Morgan fingerprint density at radius 2 is 2.06 bits per heavy atom. The monoisotopic (exact) mass is 270 g/mol. The molecule has 2 bridgehead atoms. The van der Waals surface area contributed by atoms with Crippen molar-refractivity contribution in [2.24, 2.45) is 5.92 Å². The van der Waals surface area contributed by atoms with Gasteiger partial charge in [0.15, 0.2) is 0 Å². The van der Waals surface area contributed by atoms with Crippen molar-refractivity contribution in [1.82, 2.24) is 4.31 Å². The summed E-state index contributed by atoms with van der Waals surface area (Å²) in [6.07, 6.45) is 2.95. The average Bonchev–Trinajstić information content (AvgIpc) is 2.89. The predicted molar refractivity (Wildman–Crippen MR) is 65.8 cm³/mol. The number of sulfonamides is 1. The molecule has 4 nitrogen and oxygen atoms in total. The summed E-state index contributed by atoms with van der Waals surface area (Å²) in [4.78, 5) is -0.0347. The van der Waals surface area contributed by atoms with Gasteiger partial charge in [-0.2, -0.15) is 4.31 Å². The van der Waals surface area contributed by atoms with Gasteiger partial charge in [0.25, 0.3) is 0 Å². The Kier molecular flexibility index (Phi) is 2.60. The smallest absolute Gasteiger partial charge is 0.243 e. The maximum Gasteiger partial charge on any atom is 0.243 e. The highest BCUT2D eigenvalue weighted by atomic mass is 32.2. The van der Waals surface area contributed by atoms with Crippen molar-refractivity contribution in [3.05, 3.63) is 24.0 Å². The number of anilines is 1. The van der Waals surface area contributed by atoms with Crippen LogP contribution in [0.5, 0.6) is 0 Å². The lowest BCUT2D eigenvalue weighted by atomic mass is 10.1. The molecular weight excluding hydrogens is 255 g/mol. The highest BCUT2D eigenvalue weighted by molar-refractivity contribution is 7.89. The predicted octanol–water partition coefficient (Wildman–Crippen LogP) is 1.58. The summed E-state index contributed by atoms with van der Waals surface area (Å²) in [5.74, 6) is -0.145. The van der Waals surface area contributed by atoms with Crippen LogP contribution in [-0.4, -0.2) is 25.3 Å². The van der Waals surface area contributed by atoms with Crippen molar-refractivity contribution in [3.8, 4) is 0 Å². The molecule has 0 radical (unpaired) electrons. The average molecular weight is 270 g/mol. The van der Waals surface area contributed by atoms with Gasteiger partial charge >= 0.3 is 0 Å². The van der Waals surface area contributed by atoms with Crippen LogP contribution in [0.15, 0.2) is 23.1 Å². The Balaban J connectivity index is 1.99. The van der Waals surface area contributed by atoms with Crippen LogP contribution < -0.4 is 5.73 Å². The molecule has 98 valence electrons. The van der Waals surface area contributed by atoms with Gasteiger partial charge in [-0.25, -0.2) is 12.8 Å². The van der Waals surface area contributed by atoms with Gasteiger partial charge in [0.1, 0.15) is 5.82 Å². The molecular formula is C12H15FN2O2S. The zero-order chi connectivity index (χ0) is 12.9. The van der Waals surface area contributed by atoms with E-state index in [-0.39, 0.29) is 16.6 Å². The first-order chi connectivity index (χ1) is 8.46. The topological polar surface area (TPSA) is 63.4 Å². The van der Waals surface area contributed by atoms with Gasteiger partial charge in [-0.15, -0.1) is 0 Å². The molecule has 0 aromatic heterocycles. The van der Waals surface area contributed by atoms with Gasteiger partial charge in [0, 0.05) is 18.3 Å². The van der Waals surface area contributed by atoms with Crippen LogP contribution in [0.3, 0.4) is 0 Å². The van der Waals surface area contributed by atoms with Crippen LogP contribution in [0.2, 0.25) is 0 Å². The Morgan fingerprint density at radius 1 is 1.28 bits per heavy atom. The van der Waals surface area contributed by atoms with E-state index in [1.165, 1.54) is 10.4 Å². The highest BCUT2D eigenvalue weighted by Crippen LogP contribution is 2.40. The third-order valence-electron chi connectivity index (χ3n) is 3.86. The van der Waals surface area contributed by atoms with Crippen LogP contribution in [-0.2, 0) is 10.0 Å². The summed E-state index contributed by atoms with van der Waals surface area (Å²) >= 11 is 0. The molecule has 1 aromatic carbocycles. The molecule has 3 rings (SSSR count). The molecule has 1 saturated carbocycles. The number of fused-ring (bicyclic) bond motifs is 2. The van der Waals surface area contributed by atoms with E-state index in [9.17, 15) is 12.8 Å². The summed E-state index contributed by atoms with van der Waals surface area (Å²) in [6.45, 7) is 0.559. The van der Waals surface area contributed by atoms with Gasteiger partial charge < -0.3 is 5.73 Å². The summed E-state index contributed by atoms with van der Waals surface area (Å²) in [5.41, 5.74) is 5.64. The first-order valence-electron chi connectivity index (χ1n) is 6.05. The Hall–Kier alpha value is -1.14. The molecule has 2 atom stereocenters. The third-order valence-corrected chi connectivity index (χ3v) is 5.76. The van der Waals surface area contributed by atoms with Crippen molar-refractivity contribution >= 4 is 15.7 Å². The molecule has 6 heteroatoms. The second-order valence-electron chi connectivity index (χ2n) is 5.13. The zero-order valence-electron chi connectivity index (χ0n) is 9.84. The van der Waals surface area contributed by atoms with E-state index in [1.807, 2.05) is 0 Å². The fourth-order valence-corrected chi connectivity index (χ4v) is 4.85. The minimum Gasteiger partial charge on any atom is -0.399 e. The molecule has 1 aliphatic heterocycles. The molecule has 2 N–H and O–H groups in total. The quantitative estimate of drug-likeness (QED) is 0.830. The number of benzene rings is 1. The maximum atomic E-state index is 13.3. The molecule has 2 fully saturated rings. The standard InChI is InChI=1S/C12H15FN2O2S/c13-9-4-10(14)6-12(5-9)18(16,17)15-7-8-1-2-11(15)3-8/h4-6,8,11H,1-3,7,14H2. The molecule has 0 amide bonds. The van der Waals surface area contributed by atoms with E-state index in [1.54, 1.807) is 0 Å². The van der Waals surface area contributed by atoms with Crippen LogP contribution in [0.1, 0.15) is 19.3 Å².